The highest BCUT2D eigenvalue weighted by molar-refractivity contribution is 5.39. The summed E-state index contributed by atoms with van der Waals surface area (Å²) >= 11 is 0. The fourth-order valence-corrected chi connectivity index (χ4v) is 0.501. The molecule has 0 radical (unpaired) electrons. The van der Waals surface area contributed by atoms with Crippen LogP contribution in [0.5, 0.6) is 0 Å². The van der Waals surface area contributed by atoms with Crippen LogP contribution in [0.25, 0.3) is 0 Å². The van der Waals surface area contributed by atoms with Gasteiger partial charge in [-0.2, -0.15) is 0 Å². The van der Waals surface area contributed by atoms with Gasteiger partial charge in [0.25, 0.3) is 0 Å². The fraction of sp³-hybridized carbons (Fsp3) is 0. The van der Waals surface area contributed by atoms with E-state index in [0.717, 1.165) is 0 Å². The van der Waals surface area contributed by atoms with E-state index >= 15 is 0 Å². The molecule has 0 heterocycles. The quantitative estimate of drug-likeness (QED) is 0.546. The van der Waals surface area contributed by atoms with Crippen LogP contribution in [0.4, 0.5) is 10.2 Å². The van der Waals surface area contributed by atoms with Crippen LogP contribution in [0.15, 0.2) is 30.3 Å². The Hall–Kier alpha value is -1.05. The minimum absolute atomic E-state index is 0.493. The summed E-state index contributed by atoms with van der Waals surface area (Å²) in [6.45, 7) is 0. The SMILES string of the molecule is FNc1ccccc1. The third kappa shape index (κ3) is 0.964. The molecule has 1 aromatic rings. The smallest absolute Gasteiger partial charge is 0.0655 e. The largest absolute Gasteiger partial charge is 0.225 e. The van der Waals surface area contributed by atoms with Crippen LogP contribution in [0.2, 0.25) is 0 Å². The van der Waals surface area contributed by atoms with Crippen molar-refractivity contribution in [3.8, 4) is 0 Å². The van der Waals surface area contributed by atoms with Gasteiger partial charge in [0, 0.05) is 0 Å². The Morgan fingerprint density at radius 2 is 1.75 bits per heavy atom. The molecule has 0 aromatic heterocycles. The van der Waals surface area contributed by atoms with Gasteiger partial charge in [0.15, 0.2) is 0 Å². The van der Waals surface area contributed by atoms with Gasteiger partial charge < -0.3 is 0 Å². The number of para-hydroxylation sites is 1. The van der Waals surface area contributed by atoms with Gasteiger partial charge >= 0.3 is 0 Å². The molecule has 0 amide bonds. The highest BCUT2D eigenvalue weighted by Gasteiger charge is 1.80. The van der Waals surface area contributed by atoms with Crippen molar-refractivity contribution < 1.29 is 4.48 Å². The summed E-state index contributed by atoms with van der Waals surface area (Å²) in [7, 11) is 0. The summed E-state index contributed by atoms with van der Waals surface area (Å²) in [6, 6.07) is 8.67. The molecule has 1 N–H and O–H groups in total. The van der Waals surface area contributed by atoms with E-state index in [0.29, 0.717) is 5.69 Å². The number of anilines is 1. The van der Waals surface area contributed by atoms with Gasteiger partial charge in [0.05, 0.1) is 5.69 Å². The molecule has 0 spiro atoms. The first-order valence-corrected chi connectivity index (χ1v) is 2.35. The van der Waals surface area contributed by atoms with E-state index in [4.69, 9.17) is 0 Å². The molecule has 0 atom stereocenters. The summed E-state index contributed by atoms with van der Waals surface area (Å²) in [6.07, 6.45) is 0. The van der Waals surface area contributed by atoms with Crippen molar-refractivity contribution in [3.05, 3.63) is 30.3 Å². The van der Waals surface area contributed by atoms with Crippen molar-refractivity contribution in [1.29, 1.82) is 0 Å². The Bertz CT molecular complexity index is 150. The molecule has 1 rings (SSSR count). The van der Waals surface area contributed by atoms with Crippen molar-refractivity contribution in [2.75, 3.05) is 5.54 Å². The van der Waals surface area contributed by atoms with Crippen LogP contribution in [-0.2, 0) is 0 Å². The fourth-order valence-electron chi connectivity index (χ4n) is 0.501. The minimum atomic E-state index is 0.493. The molecule has 1 aromatic carbocycles. The summed E-state index contributed by atoms with van der Waals surface area (Å²) in [5.41, 5.74) is 2.02. The zero-order valence-corrected chi connectivity index (χ0v) is 4.26. The first kappa shape index (κ1) is 5.09. The average Bonchev–Trinajstić information content (AvgIpc) is 1.90. The lowest BCUT2D eigenvalue weighted by atomic mass is 10.3. The molecule has 0 saturated carbocycles. The molecule has 0 saturated heterocycles. The average molecular weight is 111 g/mol. The molecular formula is C6H6FN. The molecule has 0 unspecified atom stereocenters. The Morgan fingerprint density at radius 3 is 2.12 bits per heavy atom. The molecule has 0 aliphatic heterocycles. The van der Waals surface area contributed by atoms with E-state index in [2.05, 4.69) is 0 Å². The van der Waals surface area contributed by atoms with Crippen molar-refractivity contribution in [1.82, 2.24) is 0 Å². The van der Waals surface area contributed by atoms with E-state index in [1.54, 1.807) is 24.3 Å². The second-order valence-electron chi connectivity index (χ2n) is 1.46. The maximum Gasteiger partial charge on any atom is 0.0655 e. The lowest BCUT2D eigenvalue weighted by Crippen LogP contribution is -1.77. The summed E-state index contributed by atoms with van der Waals surface area (Å²) in [5, 5.41) is 0. The van der Waals surface area contributed by atoms with Crippen LogP contribution in [0.3, 0.4) is 0 Å². The lowest BCUT2D eigenvalue weighted by Gasteiger charge is -1.89. The second-order valence-corrected chi connectivity index (χ2v) is 1.46. The Kier molecular flexibility index (Phi) is 1.47. The third-order valence-corrected chi connectivity index (χ3v) is 0.883. The predicted octanol–water partition coefficient (Wildman–Crippen LogP) is 1.98. The van der Waals surface area contributed by atoms with Crippen molar-refractivity contribution in [3.63, 3.8) is 0 Å². The second kappa shape index (κ2) is 2.31. The first-order chi connectivity index (χ1) is 3.93. The standard InChI is InChI=1S/C6H6FN/c7-8-6-4-2-1-3-5-6/h1-5,8H. The van der Waals surface area contributed by atoms with Crippen LogP contribution < -0.4 is 5.54 Å². The number of hydrogen-bond donors (Lipinski definition) is 1. The van der Waals surface area contributed by atoms with Gasteiger partial charge in [0.2, 0.25) is 0 Å². The molecule has 0 bridgehead atoms. The van der Waals surface area contributed by atoms with Crippen LogP contribution >= 0.6 is 0 Å². The van der Waals surface area contributed by atoms with Gasteiger partial charge in [0.1, 0.15) is 0 Å². The normalized spacial score (nSPS) is 8.62. The van der Waals surface area contributed by atoms with Crippen LogP contribution in [0.1, 0.15) is 0 Å². The lowest BCUT2D eigenvalue weighted by molar-refractivity contribution is 0.618. The van der Waals surface area contributed by atoms with E-state index in [-0.39, 0.29) is 0 Å². The molecule has 1 nitrogen and oxygen atoms in total. The number of halogens is 1. The highest BCUT2D eigenvalue weighted by Crippen LogP contribution is 2.03. The van der Waals surface area contributed by atoms with Gasteiger partial charge in [-0.15, -0.1) is 4.48 Å². The number of rotatable bonds is 1. The van der Waals surface area contributed by atoms with Gasteiger partial charge in [-0.05, 0) is 12.1 Å². The molecule has 2 heteroatoms. The van der Waals surface area contributed by atoms with Crippen molar-refractivity contribution >= 4 is 5.69 Å². The molecule has 8 heavy (non-hydrogen) atoms. The predicted molar refractivity (Wildman–Crippen MR) is 31.2 cm³/mol. The molecule has 0 aliphatic carbocycles. The Morgan fingerprint density at radius 1 is 1.12 bits per heavy atom. The summed E-state index contributed by atoms with van der Waals surface area (Å²) in [4.78, 5) is 0. The zero-order valence-electron chi connectivity index (χ0n) is 4.26. The van der Waals surface area contributed by atoms with E-state index in [9.17, 15) is 4.48 Å². The Balaban J connectivity index is 2.83. The van der Waals surface area contributed by atoms with Crippen LogP contribution in [-0.4, -0.2) is 0 Å². The zero-order chi connectivity index (χ0) is 5.82. The molecule has 0 aliphatic rings. The number of benzene rings is 1. The minimum Gasteiger partial charge on any atom is -0.225 e. The van der Waals surface area contributed by atoms with Gasteiger partial charge in [-0.3, -0.25) is 0 Å². The van der Waals surface area contributed by atoms with E-state index in [1.807, 2.05) is 6.07 Å². The van der Waals surface area contributed by atoms with Crippen LogP contribution in [0, 0.1) is 0 Å². The number of nitrogens with one attached hydrogen (secondary N) is 1. The first-order valence-electron chi connectivity index (χ1n) is 2.35. The van der Waals surface area contributed by atoms with Crippen molar-refractivity contribution in [2.24, 2.45) is 0 Å². The maximum absolute atomic E-state index is 11.5. The van der Waals surface area contributed by atoms with Gasteiger partial charge in [-0.1, -0.05) is 18.2 Å². The molecule has 0 fully saturated rings. The molecule has 42 valence electrons. The van der Waals surface area contributed by atoms with E-state index < -0.39 is 0 Å². The monoisotopic (exact) mass is 111 g/mol. The highest BCUT2D eigenvalue weighted by atomic mass is 19.2. The van der Waals surface area contributed by atoms with Gasteiger partial charge in [-0.25, -0.2) is 5.54 Å². The maximum atomic E-state index is 11.5. The topological polar surface area (TPSA) is 12.0 Å². The summed E-state index contributed by atoms with van der Waals surface area (Å²) < 4.78 is 11.5. The van der Waals surface area contributed by atoms with E-state index in [1.165, 1.54) is 5.54 Å². The third-order valence-electron chi connectivity index (χ3n) is 0.883. The number of hydrogen-bond acceptors (Lipinski definition) is 1. The summed E-state index contributed by atoms with van der Waals surface area (Å²) in [5.74, 6) is 0. The Labute approximate surface area is 47.1 Å². The molecular weight excluding hydrogens is 105 g/mol. The van der Waals surface area contributed by atoms with Crippen molar-refractivity contribution in [2.45, 2.75) is 0 Å².